The van der Waals surface area contributed by atoms with Gasteiger partial charge in [0, 0.05) is 6.42 Å². The molecule has 96 valence electrons. The van der Waals surface area contributed by atoms with Crippen molar-refractivity contribution >= 4 is 12.1 Å². The molecule has 1 unspecified atom stereocenters. The fraction of sp³-hybridized carbons (Fsp3) is 0.667. The normalized spacial score (nSPS) is 14.1. The Morgan fingerprint density at radius 2 is 1.82 bits per heavy atom. The number of nitrogens with one attached hydrogen (secondary N) is 1. The molecule has 0 fully saturated rings. The fourth-order valence-corrected chi connectivity index (χ4v) is 1.13. The first-order valence-electron chi connectivity index (χ1n) is 5.17. The Morgan fingerprint density at radius 3 is 2.18 bits per heavy atom. The van der Waals surface area contributed by atoms with E-state index < -0.39 is 23.2 Å². The van der Waals surface area contributed by atoms with Crippen LogP contribution < -0.4 is 5.32 Å². The lowest BCUT2D eigenvalue weighted by molar-refractivity contribution is -0.147. The summed E-state index contributed by atoms with van der Waals surface area (Å²) < 4.78 is 9.64. The highest BCUT2D eigenvalue weighted by Gasteiger charge is 2.36. The van der Waals surface area contributed by atoms with Gasteiger partial charge in [-0.05, 0) is 27.7 Å². The smallest absolute Gasteiger partial charge is 0.408 e. The zero-order valence-electron chi connectivity index (χ0n) is 10.9. The minimum Gasteiger partial charge on any atom is -0.467 e. The minimum atomic E-state index is -1.27. The Morgan fingerprint density at radius 1 is 1.29 bits per heavy atom. The standard InChI is InChI=1S/C12H19NO4/c1-7-8-12(5,9(14)16-6)13-10(15)17-11(2,3)4/h1H,8H2,2-6H3,(H,13,15). The summed E-state index contributed by atoms with van der Waals surface area (Å²) in [7, 11) is 1.23. The molecule has 0 spiro atoms. The Labute approximate surface area is 102 Å². The van der Waals surface area contributed by atoms with Crippen LogP contribution in [0.15, 0.2) is 0 Å². The van der Waals surface area contributed by atoms with Gasteiger partial charge in [0.05, 0.1) is 7.11 Å². The Balaban J connectivity index is 4.73. The summed E-state index contributed by atoms with van der Waals surface area (Å²) in [5, 5.41) is 2.42. The lowest BCUT2D eigenvalue weighted by atomic mass is 9.99. The van der Waals surface area contributed by atoms with E-state index in [0.717, 1.165) is 0 Å². The molecule has 0 heterocycles. The van der Waals surface area contributed by atoms with Crippen LogP contribution in [0, 0.1) is 12.3 Å². The molecule has 1 amide bonds. The summed E-state index contributed by atoms with van der Waals surface area (Å²) in [5.41, 5.74) is -1.91. The molecule has 0 aromatic carbocycles. The van der Waals surface area contributed by atoms with Crippen LogP contribution in [-0.4, -0.2) is 30.3 Å². The first-order valence-corrected chi connectivity index (χ1v) is 5.17. The van der Waals surface area contributed by atoms with Gasteiger partial charge in [0.2, 0.25) is 0 Å². The molecule has 0 aliphatic carbocycles. The van der Waals surface area contributed by atoms with Crippen molar-refractivity contribution < 1.29 is 19.1 Å². The van der Waals surface area contributed by atoms with Gasteiger partial charge in [-0.2, -0.15) is 0 Å². The number of hydrogen-bond donors (Lipinski definition) is 1. The van der Waals surface area contributed by atoms with E-state index >= 15 is 0 Å². The van der Waals surface area contributed by atoms with Crippen molar-refractivity contribution in [3.8, 4) is 12.3 Å². The molecule has 0 aliphatic heterocycles. The predicted molar refractivity (Wildman–Crippen MR) is 63.2 cm³/mol. The second kappa shape index (κ2) is 5.58. The van der Waals surface area contributed by atoms with Gasteiger partial charge in [-0.15, -0.1) is 12.3 Å². The van der Waals surface area contributed by atoms with E-state index in [4.69, 9.17) is 11.2 Å². The molecule has 0 aromatic heterocycles. The van der Waals surface area contributed by atoms with E-state index in [-0.39, 0.29) is 6.42 Å². The summed E-state index contributed by atoms with van der Waals surface area (Å²) >= 11 is 0. The topological polar surface area (TPSA) is 64.6 Å². The molecule has 0 rings (SSSR count). The molecule has 1 atom stereocenters. The molecule has 0 saturated carbocycles. The molecule has 5 nitrogen and oxygen atoms in total. The highest BCUT2D eigenvalue weighted by molar-refractivity contribution is 5.85. The number of hydrogen-bond acceptors (Lipinski definition) is 4. The maximum Gasteiger partial charge on any atom is 0.408 e. The molecular weight excluding hydrogens is 222 g/mol. The molecule has 1 N–H and O–H groups in total. The van der Waals surface area contributed by atoms with E-state index in [2.05, 4.69) is 16.0 Å². The Hall–Kier alpha value is -1.70. The van der Waals surface area contributed by atoms with Crippen LogP contribution in [-0.2, 0) is 14.3 Å². The summed E-state index contributed by atoms with van der Waals surface area (Å²) in [6, 6.07) is 0. The van der Waals surface area contributed by atoms with Crippen molar-refractivity contribution in [1.82, 2.24) is 5.32 Å². The van der Waals surface area contributed by atoms with Gasteiger partial charge in [-0.1, -0.05) is 0 Å². The predicted octanol–water partition coefficient (Wildman–Crippen LogP) is 1.47. The number of terminal acetylenes is 1. The quantitative estimate of drug-likeness (QED) is 0.600. The van der Waals surface area contributed by atoms with Gasteiger partial charge in [0.15, 0.2) is 0 Å². The Kier molecular flexibility index (Phi) is 5.02. The van der Waals surface area contributed by atoms with Crippen LogP contribution in [0.4, 0.5) is 4.79 Å². The van der Waals surface area contributed by atoms with Gasteiger partial charge < -0.3 is 14.8 Å². The van der Waals surface area contributed by atoms with Crippen LogP contribution >= 0.6 is 0 Å². The third-order valence-corrected chi connectivity index (χ3v) is 1.87. The third-order valence-electron chi connectivity index (χ3n) is 1.87. The summed E-state index contributed by atoms with van der Waals surface area (Å²) in [6.45, 7) is 6.67. The highest BCUT2D eigenvalue weighted by atomic mass is 16.6. The number of amides is 1. The number of rotatable bonds is 3. The largest absolute Gasteiger partial charge is 0.467 e. The fourth-order valence-electron chi connectivity index (χ4n) is 1.13. The number of esters is 1. The van der Waals surface area contributed by atoms with Gasteiger partial charge in [-0.25, -0.2) is 9.59 Å². The average molecular weight is 241 g/mol. The van der Waals surface area contributed by atoms with Crippen LogP contribution in [0.1, 0.15) is 34.1 Å². The molecule has 17 heavy (non-hydrogen) atoms. The number of alkyl carbamates (subject to hydrolysis) is 1. The van der Waals surface area contributed by atoms with Gasteiger partial charge >= 0.3 is 12.1 Å². The van der Waals surface area contributed by atoms with E-state index in [0.29, 0.717) is 0 Å². The van der Waals surface area contributed by atoms with Crippen molar-refractivity contribution in [2.24, 2.45) is 0 Å². The molecule has 0 radical (unpaired) electrons. The van der Waals surface area contributed by atoms with E-state index in [1.807, 2.05) is 0 Å². The van der Waals surface area contributed by atoms with Crippen LogP contribution in [0.3, 0.4) is 0 Å². The van der Waals surface area contributed by atoms with Crippen molar-refractivity contribution in [2.45, 2.75) is 45.3 Å². The number of ether oxygens (including phenoxy) is 2. The monoisotopic (exact) mass is 241 g/mol. The van der Waals surface area contributed by atoms with Crippen molar-refractivity contribution in [3.05, 3.63) is 0 Å². The summed E-state index contributed by atoms with van der Waals surface area (Å²) in [4.78, 5) is 23.1. The first kappa shape index (κ1) is 15.3. The molecule has 0 bridgehead atoms. The zero-order chi connectivity index (χ0) is 13.7. The van der Waals surface area contributed by atoms with E-state index in [9.17, 15) is 9.59 Å². The third kappa shape index (κ3) is 5.25. The van der Waals surface area contributed by atoms with E-state index in [1.165, 1.54) is 14.0 Å². The molecule has 5 heteroatoms. The van der Waals surface area contributed by atoms with Crippen LogP contribution in [0.25, 0.3) is 0 Å². The second-order valence-electron chi connectivity index (χ2n) is 4.83. The zero-order valence-corrected chi connectivity index (χ0v) is 10.9. The average Bonchev–Trinajstić information content (AvgIpc) is 2.13. The molecular formula is C12H19NO4. The van der Waals surface area contributed by atoms with Gasteiger partial charge in [0.1, 0.15) is 11.1 Å². The molecule has 0 saturated heterocycles. The SMILES string of the molecule is C#CCC(C)(NC(=O)OC(C)(C)C)C(=O)OC. The maximum absolute atomic E-state index is 11.6. The number of carbonyl (C=O) groups is 2. The van der Waals surface area contributed by atoms with Gasteiger partial charge in [0.25, 0.3) is 0 Å². The number of carbonyl (C=O) groups excluding carboxylic acids is 2. The molecule has 0 aliphatic rings. The first-order chi connectivity index (χ1) is 7.64. The van der Waals surface area contributed by atoms with Crippen molar-refractivity contribution in [3.63, 3.8) is 0 Å². The molecule has 0 aromatic rings. The highest BCUT2D eigenvalue weighted by Crippen LogP contribution is 2.14. The van der Waals surface area contributed by atoms with Gasteiger partial charge in [-0.3, -0.25) is 0 Å². The number of methoxy groups -OCH3 is 1. The van der Waals surface area contributed by atoms with Crippen LogP contribution in [0.5, 0.6) is 0 Å². The van der Waals surface area contributed by atoms with Crippen molar-refractivity contribution in [1.29, 1.82) is 0 Å². The van der Waals surface area contributed by atoms with E-state index in [1.54, 1.807) is 20.8 Å². The lowest BCUT2D eigenvalue weighted by Gasteiger charge is -2.28. The maximum atomic E-state index is 11.6. The van der Waals surface area contributed by atoms with Crippen molar-refractivity contribution in [2.75, 3.05) is 7.11 Å². The summed E-state index contributed by atoms with van der Waals surface area (Å²) in [5.74, 6) is 1.71. The second-order valence-corrected chi connectivity index (χ2v) is 4.83. The minimum absolute atomic E-state index is 0.0267. The summed E-state index contributed by atoms with van der Waals surface area (Å²) in [6.07, 6.45) is 4.48. The van der Waals surface area contributed by atoms with Crippen LogP contribution in [0.2, 0.25) is 0 Å². The lowest BCUT2D eigenvalue weighted by Crippen LogP contribution is -2.53. The Bertz CT molecular complexity index is 337.